The van der Waals surface area contributed by atoms with E-state index in [2.05, 4.69) is 15.5 Å². The maximum atomic E-state index is 13.3. The van der Waals surface area contributed by atoms with E-state index in [-0.39, 0.29) is 23.0 Å². The predicted molar refractivity (Wildman–Crippen MR) is 85.0 cm³/mol. The summed E-state index contributed by atoms with van der Waals surface area (Å²) in [4.78, 5) is 15.5. The molecule has 0 aliphatic heterocycles. The number of rotatable bonds is 6. The molecule has 0 fully saturated rings. The largest absolute Gasteiger partial charge is 0.466 e. The lowest BCUT2D eigenvalue weighted by atomic mass is 10.2. The average Bonchev–Trinajstić information content (AvgIpc) is 2.91. The predicted octanol–water partition coefficient (Wildman–Crippen LogP) is 3.63. The van der Waals surface area contributed by atoms with Gasteiger partial charge in [0.25, 0.3) is 0 Å². The lowest BCUT2D eigenvalue weighted by Crippen LogP contribution is -2.07. The topological polar surface area (TPSA) is 63.6 Å². The number of hydrazone groups is 1. The number of thiazole rings is 1. The summed E-state index contributed by atoms with van der Waals surface area (Å²) in [5.74, 6) is -1.98. The van der Waals surface area contributed by atoms with E-state index < -0.39 is 11.6 Å². The van der Waals surface area contributed by atoms with Crippen molar-refractivity contribution in [3.63, 3.8) is 0 Å². The normalized spacial score (nSPS) is 11.0. The van der Waals surface area contributed by atoms with Gasteiger partial charge in [0.15, 0.2) is 0 Å². The van der Waals surface area contributed by atoms with Crippen LogP contribution in [0.25, 0.3) is 0 Å². The summed E-state index contributed by atoms with van der Waals surface area (Å²) in [5.41, 5.74) is 3.25. The van der Waals surface area contributed by atoms with E-state index in [0.717, 1.165) is 6.07 Å². The molecule has 23 heavy (non-hydrogen) atoms. The molecule has 2 rings (SSSR count). The monoisotopic (exact) mass is 359 g/mol. The van der Waals surface area contributed by atoms with Crippen LogP contribution in [0, 0.1) is 11.6 Å². The van der Waals surface area contributed by atoms with Crippen molar-refractivity contribution in [2.45, 2.75) is 13.3 Å². The SMILES string of the molecule is CCOC(=O)Cc1csc(NN=Cc2cc(F)cc(F)c2Cl)n1. The van der Waals surface area contributed by atoms with Crippen LogP contribution in [-0.4, -0.2) is 23.8 Å². The zero-order valence-electron chi connectivity index (χ0n) is 12.0. The van der Waals surface area contributed by atoms with E-state index in [9.17, 15) is 13.6 Å². The first-order valence-electron chi connectivity index (χ1n) is 6.53. The van der Waals surface area contributed by atoms with Crippen molar-refractivity contribution in [1.82, 2.24) is 4.98 Å². The van der Waals surface area contributed by atoms with Crippen LogP contribution in [0.5, 0.6) is 0 Å². The Morgan fingerprint density at radius 2 is 2.30 bits per heavy atom. The van der Waals surface area contributed by atoms with Crippen LogP contribution in [0.3, 0.4) is 0 Å². The number of nitrogens with one attached hydrogen (secondary N) is 1. The van der Waals surface area contributed by atoms with Gasteiger partial charge in [-0.2, -0.15) is 5.10 Å². The highest BCUT2D eigenvalue weighted by molar-refractivity contribution is 7.13. The summed E-state index contributed by atoms with van der Waals surface area (Å²) in [5, 5.41) is 5.71. The summed E-state index contributed by atoms with van der Waals surface area (Å²) in [6, 6.07) is 1.75. The van der Waals surface area contributed by atoms with Gasteiger partial charge in [-0.25, -0.2) is 13.8 Å². The first-order chi connectivity index (χ1) is 11.0. The molecule has 122 valence electrons. The van der Waals surface area contributed by atoms with E-state index in [1.54, 1.807) is 12.3 Å². The second kappa shape index (κ2) is 7.98. The maximum absolute atomic E-state index is 13.3. The van der Waals surface area contributed by atoms with Crippen LogP contribution in [0.2, 0.25) is 5.02 Å². The van der Waals surface area contributed by atoms with Gasteiger partial charge in [-0.1, -0.05) is 11.6 Å². The molecule has 0 amide bonds. The van der Waals surface area contributed by atoms with Gasteiger partial charge in [0.2, 0.25) is 5.13 Å². The number of hydrogen-bond donors (Lipinski definition) is 1. The Balaban J connectivity index is 1.99. The molecule has 2 aromatic rings. The fourth-order valence-electron chi connectivity index (χ4n) is 1.63. The molecule has 0 bridgehead atoms. The molecule has 5 nitrogen and oxygen atoms in total. The fraction of sp³-hybridized carbons (Fsp3) is 0.214. The number of carbonyl (C=O) groups is 1. The Labute approximate surface area is 139 Å². The number of hydrogen-bond acceptors (Lipinski definition) is 6. The van der Waals surface area contributed by atoms with E-state index in [1.807, 2.05) is 0 Å². The fourth-order valence-corrected chi connectivity index (χ4v) is 2.44. The third kappa shape index (κ3) is 4.97. The zero-order valence-corrected chi connectivity index (χ0v) is 13.5. The molecule has 1 aromatic heterocycles. The van der Waals surface area contributed by atoms with E-state index in [1.165, 1.54) is 17.6 Å². The van der Waals surface area contributed by atoms with Gasteiger partial charge in [0.1, 0.15) is 11.6 Å². The van der Waals surface area contributed by atoms with Crippen molar-refractivity contribution < 1.29 is 18.3 Å². The zero-order chi connectivity index (χ0) is 16.8. The van der Waals surface area contributed by atoms with Gasteiger partial charge >= 0.3 is 5.97 Å². The molecule has 0 radical (unpaired) electrons. The highest BCUT2D eigenvalue weighted by Crippen LogP contribution is 2.20. The van der Waals surface area contributed by atoms with Crippen LogP contribution in [0.1, 0.15) is 18.2 Å². The average molecular weight is 360 g/mol. The first-order valence-corrected chi connectivity index (χ1v) is 7.79. The van der Waals surface area contributed by atoms with Gasteiger partial charge in [0, 0.05) is 17.0 Å². The van der Waals surface area contributed by atoms with Crippen molar-refractivity contribution in [3.8, 4) is 0 Å². The molecule has 0 aliphatic carbocycles. The van der Waals surface area contributed by atoms with Crippen LogP contribution in [0.4, 0.5) is 13.9 Å². The standard InChI is InChI=1S/C14H12ClF2N3O2S/c1-2-22-12(21)5-10-7-23-14(19-10)20-18-6-8-3-9(16)4-11(17)13(8)15/h3-4,6-7H,2,5H2,1H3,(H,19,20). The summed E-state index contributed by atoms with van der Waals surface area (Å²) in [6.45, 7) is 2.03. The van der Waals surface area contributed by atoms with E-state index in [0.29, 0.717) is 23.5 Å². The molecule has 0 saturated carbocycles. The molecule has 0 spiro atoms. The third-order valence-corrected chi connectivity index (χ3v) is 3.76. The molecular formula is C14H12ClF2N3O2S. The van der Waals surface area contributed by atoms with E-state index in [4.69, 9.17) is 16.3 Å². The molecule has 9 heteroatoms. The van der Waals surface area contributed by atoms with Crippen molar-refractivity contribution in [2.75, 3.05) is 12.0 Å². The quantitative estimate of drug-likeness (QED) is 0.370. The van der Waals surface area contributed by atoms with Crippen molar-refractivity contribution >= 4 is 40.3 Å². The lowest BCUT2D eigenvalue weighted by Gasteiger charge is -2.00. The van der Waals surface area contributed by atoms with Crippen LogP contribution >= 0.6 is 22.9 Å². The number of carbonyl (C=O) groups excluding carboxylic acids is 1. The first kappa shape index (κ1) is 17.3. The number of halogens is 3. The molecule has 1 heterocycles. The molecule has 0 atom stereocenters. The molecule has 0 unspecified atom stereocenters. The summed E-state index contributed by atoms with van der Waals surface area (Å²) in [6.07, 6.45) is 1.25. The van der Waals surface area contributed by atoms with Crippen LogP contribution < -0.4 is 5.43 Å². The molecule has 1 N–H and O–H groups in total. The number of benzene rings is 1. The second-order valence-electron chi connectivity index (χ2n) is 4.29. The van der Waals surface area contributed by atoms with E-state index >= 15 is 0 Å². The van der Waals surface area contributed by atoms with Crippen molar-refractivity contribution in [1.29, 1.82) is 0 Å². The second-order valence-corrected chi connectivity index (χ2v) is 5.52. The third-order valence-electron chi connectivity index (χ3n) is 2.57. The van der Waals surface area contributed by atoms with Gasteiger partial charge in [-0.05, 0) is 13.0 Å². The van der Waals surface area contributed by atoms with Crippen molar-refractivity contribution in [3.05, 3.63) is 45.4 Å². The molecule has 0 aliphatic rings. The molecule has 1 aromatic carbocycles. The van der Waals surface area contributed by atoms with Gasteiger partial charge in [-0.3, -0.25) is 10.2 Å². The molecular weight excluding hydrogens is 348 g/mol. The van der Waals surface area contributed by atoms with Crippen LogP contribution in [0.15, 0.2) is 22.6 Å². The van der Waals surface area contributed by atoms with Crippen molar-refractivity contribution in [2.24, 2.45) is 5.10 Å². The minimum atomic E-state index is -0.862. The Morgan fingerprint density at radius 3 is 3.04 bits per heavy atom. The maximum Gasteiger partial charge on any atom is 0.311 e. The summed E-state index contributed by atoms with van der Waals surface area (Å²) < 4.78 is 31.2. The Bertz CT molecular complexity index is 737. The Morgan fingerprint density at radius 1 is 1.52 bits per heavy atom. The Kier molecular flexibility index (Phi) is 6.00. The van der Waals surface area contributed by atoms with Gasteiger partial charge in [-0.15, -0.1) is 11.3 Å². The lowest BCUT2D eigenvalue weighted by molar-refractivity contribution is -0.142. The Hall–Kier alpha value is -2.06. The van der Waals surface area contributed by atoms with Gasteiger partial charge in [0.05, 0.1) is 30.0 Å². The summed E-state index contributed by atoms with van der Waals surface area (Å²) >= 11 is 6.94. The number of anilines is 1. The molecule has 0 saturated heterocycles. The van der Waals surface area contributed by atoms with Crippen LogP contribution in [-0.2, 0) is 16.0 Å². The minimum absolute atomic E-state index is 0.0661. The minimum Gasteiger partial charge on any atom is -0.466 e. The number of ether oxygens (including phenoxy) is 1. The number of nitrogens with zero attached hydrogens (tertiary/aromatic N) is 2. The van der Waals surface area contributed by atoms with Gasteiger partial charge < -0.3 is 4.74 Å². The highest BCUT2D eigenvalue weighted by atomic mass is 35.5. The highest BCUT2D eigenvalue weighted by Gasteiger charge is 2.09. The smallest absolute Gasteiger partial charge is 0.311 e. The number of esters is 1. The summed E-state index contributed by atoms with van der Waals surface area (Å²) in [7, 11) is 0. The number of aromatic nitrogens is 1.